The lowest BCUT2D eigenvalue weighted by Crippen LogP contribution is -2.32. The molecular weight excluding hydrogens is 176 g/mol. The van der Waals surface area contributed by atoms with Gasteiger partial charge in [-0.05, 0) is 12.5 Å². The summed E-state index contributed by atoms with van der Waals surface area (Å²) < 4.78 is 0. The molecule has 0 bridgehead atoms. The van der Waals surface area contributed by atoms with Gasteiger partial charge < -0.3 is 4.90 Å². The summed E-state index contributed by atoms with van der Waals surface area (Å²) in [5, 5.41) is 3.81. The summed E-state index contributed by atoms with van der Waals surface area (Å²) in [5.74, 6) is 0. The summed E-state index contributed by atoms with van der Waals surface area (Å²) in [6, 6.07) is 9.72. The molecule has 14 heavy (non-hydrogen) atoms. The summed E-state index contributed by atoms with van der Waals surface area (Å²) in [6.07, 6.45) is 0. The molecule has 0 unspecified atom stereocenters. The zero-order valence-corrected chi connectivity index (χ0v) is 8.60. The summed E-state index contributed by atoms with van der Waals surface area (Å²) in [5.41, 5.74) is 1.12. The van der Waals surface area contributed by atoms with Crippen LogP contribution in [0.15, 0.2) is 30.3 Å². The Hall–Kier alpha value is -1.51. The number of urea groups is 1. The lowest BCUT2D eigenvalue weighted by atomic mass is 10.2. The van der Waals surface area contributed by atoms with Crippen molar-refractivity contribution in [3.63, 3.8) is 0 Å². The van der Waals surface area contributed by atoms with Crippen LogP contribution in [0.2, 0.25) is 0 Å². The van der Waals surface area contributed by atoms with Crippen LogP contribution in [-0.2, 0) is 6.54 Å². The maximum absolute atomic E-state index is 11.3. The largest absolute Gasteiger partial charge is 0.338 e. The van der Waals surface area contributed by atoms with Gasteiger partial charge in [0, 0.05) is 20.1 Å². The average molecular weight is 191 g/mol. The zero-order chi connectivity index (χ0) is 10.4. The molecular formula is C11H15N2O. The van der Waals surface area contributed by atoms with Crippen molar-refractivity contribution < 1.29 is 4.79 Å². The highest BCUT2D eigenvalue weighted by Crippen LogP contribution is 2.02. The first-order valence-electron chi connectivity index (χ1n) is 4.70. The van der Waals surface area contributed by atoms with Crippen molar-refractivity contribution in [3.8, 4) is 0 Å². The highest BCUT2D eigenvalue weighted by Gasteiger charge is 2.07. The maximum atomic E-state index is 11.3. The highest BCUT2D eigenvalue weighted by molar-refractivity contribution is 5.73. The van der Waals surface area contributed by atoms with Crippen molar-refractivity contribution in [1.82, 2.24) is 10.2 Å². The van der Waals surface area contributed by atoms with E-state index in [2.05, 4.69) is 5.32 Å². The van der Waals surface area contributed by atoms with E-state index in [1.807, 2.05) is 37.3 Å². The molecule has 1 aromatic carbocycles. The Morgan fingerprint density at radius 2 is 2.00 bits per heavy atom. The standard InChI is InChI=1S/C11H15N2O/c1-3-12-11(14)13(2)9-10-7-5-4-6-8-10/h4-8H,3,9H2,1-2H3. The van der Waals surface area contributed by atoms with Crippen LogP contribution in [0.3, 0.4) is 0 Å². The predicted molar refractivity (Wildman–Crippen MR) is 56.0 cm³/mol. The zero-order valence-electron chi connectivity index (χ0n) is 8.60. The Balaban J connectivity index is 2.49. The minimum Gasteiger partial charge on any atom is -0.322 e. The van der Waals surface area contributed by atoms with E-state index in [0.717, 1.165) is 5.56 Å². The molecule has 1 aromatic rings. The topological polar surface area (TPSA) is 34.4 Å². The van der Waals surface area contributed by atoms with Gasteiger partial charge in [-0.25, -0.2) is 10.1 Å². The van der Waals surface area contributed by atoms with E-state index in [-0.39, 0.29) is 6.03 Å². The fourth-order valence-corrected chi connectivity index (χ4v) is 1.18. The Labute approximate surface area is 84.7 Å². The monoisotopic (exact) mass is 191 g/mol. The highest BCUT2D eigenvalue weighted by atomic mass is 16.2. The molecule has 3 nitrogen and oxygen atoms in total. The lowest BCUT2D eigenvalue weighted by molar-refractivity contribution is 0.206. The number of carbonyl (C=O) groups excluding carboxylic acids is 1. The molecule has 0 saturated carbocycles. The first-order valence-corrected chi connectivity index (χ1v) is 4.70. The number of nitrogens with zero attached hydrogens (tertiary/aromatic N) is 2. The van der Waals surface area contributed by atoms with Gasteiger partial charge in [-0.15, -0.1) is 0 Å². The van der Waals surface area contributed by atoms with Crippen LogP contribution in [0.5, 0.6) is 0 Å². The van der Waals surface area contributed by atoms with Gasteiger partial charge in [0.05, 0.1) is 0 Å². The maximum Gasteiger partial charge on any atom is 0.338 e. The third-order valence-corrected chi connectivity index (χ3v) is 1.88. The predicted octanol–water partition coefficient (Wildman–Crippen LogP) is 1.86. The van der Waals surface area contributed by atoms with Crippen LogP contribution in [0, 0.1) is 0 Å². The molecule has 0 aliphatic heterocycles. The molecule has 0 fully saturated rings. The molecule has 0 aromatic heterocycles. The molecule has 0 aliphatic carbocycles. The van der Waals surface area contributed by atoms with Crippen LogP contribution < -0.4 is 5.32 Å². The quantitative estimate of drug-likeness (QED) is 0.718. The van der Waals surface area contributed by atoms with E-state index in [4.69, 9.17) is 0 Å². The van der Waals surface area contributed by atoms with Gasteiger partial charge in [-0.1, -0.05) is 30.3 Å². The Kier molecular flexibility index (Phi) is 3.98. The summed E-state index contributed by atoms with van der Waals surface area (Å²) in [4.78, 5) is 12.9. The Bertz CT molecular complexity index is 285. The molecule has 0 heterocycles. The van der Waals surface area contributed by atoms with E-state index in [1.54, 1.807) is 11.9 Å². The summed E-state index contributed by atoms with van der Waals surface area (Å²) in [7, 11) is 1.76. The van der Waals surface area contributed by atoms with Gasteiger partial charge in [0.1, 0.15) is 0 Å². The number of hydrogen-bond acceptors (Lipinski definition) is 1. The molecule has 0 spiro atoms. The third kappa shape index (κ3) is 3.09. The Morgan fingerprint density at radius 1 is 1.36 bits per heavy atom. The first kappa shape index (κ1) is 10.6. The van der Waals surface area contributed by atoms with Gasteiger partial charge in [-0.3, -0.25) is 0 Å². The second kappa shape index (κ2) is 5.27. The van der Waals surface area contributed by atoms with Crippen LogP contribution in [0.4, 0.5) is 4.79 Å². The smallest absolute Gasteiger partial charge is 0.322 e. The lowest BCUT2D eigenvalue weighted by Gasteiger charge is -2.15. The van der Waals surface area contributed by atoms with Crippen LogP contribution in [0.25, 0.3) is 0 Å². The SMILES string of the molecule is CC[N]C(=O)N(C)Cc1ccccc1. The van der Waals surface area contributed by atoms with E-state index in [9.17, 15) is 4.79 Å². The minimum atomic E-state index is -0.156. The van der Waals surface area contributed by atoms with E-state index in [0.29, 0.717) is 13.1 Å². The molecule has 3 heteroatoms. The van der Waals surface area contributed by atoms with E-state index in [1.165, 1.54) is 0 Å². The van der Waals surface area contributed by atoms with Crippen LogP contribution >= 0.6 is 0 Å². The van der Waals surface area contributed by atoms with Gasteiger partial charge in [0.25, 0.3) is 0 Å². The van der Waals surface area contributed by atoms with Crippen molar-refractivity contribution in [3.05, 3.63) is 35.9 Å². The number of rotatable bonds is 3. The number of benzene rings is 1. The average Bonchev–Trinajstić information content (AvgIpc) is 2.19. The van der Waals surface area contributed by atoms with Crippen molar-refractivity contribution >= 4 is 6.03 Å². The summed E-state index contributed by atoms with van der Waals surface area (Å²) >= 11 is 0. The van der Waals surface area contributed by atoms with Gasteiger partial charge in [0.15, 0.2) is 0 Å². The molecule has 1 rings (SSSR count). The fraction of sp³-hybridized carbons (Fsp3) is 0.364. The molecule has 75 valence electrons. The van der Waals surface area contributed by atoms with Crippen molar-refractivity contribution in [2.24, 2.45) is 0 Å². The Morgan fingerprint density at radius 3 is 2.57 bits per heavy atom. The van der Waals surface area contributed by atoms with Crippen LogP contribution in [-0.4, -0.2) is 24.5 Å². The molecule has 0 atom stereocenters. The molecule has 0 N–H and O–H groups in total. The second-order valence-electron chi connectivity index (χ2n) is 3.10. The fourth-order valence-electron chi connectivity index (χ4n) is 1.18. The number of hydrogen-bond donors (Lipinski definition) is 0. The number of carbonyl (C=O) groups is 1. The van der Waals surface area contributed by atoms with Crippen LogP contribution in [0.1, 0.15) is 12.5 Å². The van der Waals surface area contributed by atoms with Crippen molar-refractivity contribution in [2.75, 3.05) is 13.6 Å². The van der Waals surface area contributed by atoms with Gasteiger partial charge in [0.2, 0.25) is 0 Å². The van der Waals surface area contributed by atoms with E-state index >= 15 is 0 Å². The minimum absolute atomic E-state index is 0.156. The first-order chi connectivity index (χ1) is 6.74. The normalized spacial score (nSPS) is 9.57. The van der Waals surface area contributed by atoms with E-state index < -0.39 is 0 Å². The molecule has 0 saturated heterocycles. The second-order valence-corrected chi connectivity index (χ2v) is 3.10. The molecule has 0 aliphatic rings. The van der Waals surface area contributed by atoms with Gasteiger partial charge in [-0.2, -0.15) is 0 Å². The van der Waals surface area contributed by atoms with Crippen molar-refractivity contribution in [1.29, 1.82) is 0 Å². The van der Waals surface area contributed by atoms with Gasteiger partial charge >= 0.3 is 6.03 Å². The molecule has 1 radical (unpaired) electrons. The third-order valence-electron chi connectivity index (χ3n) is 1.88. The molecule has 2 amide bonds. The van der Waals surface area contributed by atoms with Crippen molar-refractivity contribution in [2.45, 2.75) is 13.5 Å². The number of amides is 2. The summed E-state index contributed by atoms with van der Waals surface area (Å²) in [6.45, 7) is 3.01.